The van der Waals surface area contributed by atoms with Crippen LogP contribution in [0.15, 0.2) is 35.5 Å². The van der Waals surface area contributed by atoms with Crippen LogP contribution in [0.2, 0.25) is 0 Å². The van der Waals surface area contributed by atoms with Gasteiger partial charge in [0.2, 0.25) is 0 Å². The van der Waals surface area contributed by atoms with Crippen molar-refractivity contribution in [1.82, 2.24) is 4.90 Å². The zero-order chi connectivity index (χ0) is 10.4. The second kappa shape index (κ2) is 5.76. The highest BCUT2D eigenvalue weighted by molar-refractivity contribution is 5.31. The molecule has 0 fully saturated rings. The molecule has 0 aliphatic rings. The van der Waals surface area contributed by atoms with E-state index in [1.807, 2.05) is 0 Å². The van der Waals surface area contributed by atoms with Crippen molar-refractivity contribution in [2.75, 3.05) is 20.6 Å². The molecule has 0 amide bonds. The number of hydrogen-bond donors (Lipinski definition) is 0. The predicted octanol–water partition coefficient (Wildman–Crippen LogP) is 3.02. The number of nitrogens with zero attached hydrogens (tertiary/aromatic N) is 1. The van der Waals surface area contributed by atoms with Gasteiger partial charge in [0.1, 0.15) is 0 Å². The lowest BCUT2D eigenvalue weighted by molar-refractivity contribution is 0.447. The maximum Gasteiger partial charge on any atom is 0.0224 e. The molecule has 0 saturated carbocycles. The molecule has 0 N–H and O–H groups in total. The highest BCUT2D eigenvalue weighted by Gasteiger charge is 1.97. The van der Waals surface area contributed by atoms with Crippen LogP contribution in [0, 0.1) is 0 Å². The molecule has 74 valence electrons. The van der Waals surface area contributed by atoms with E-state index in [0.717, 1.165) is 6.54 Å². The Morgan fingerprint density at radius 2 is 1.69 bits per heavy atom. The molecule has 13 heavy (non-hydrogen) atoms. The van der Waals surface area contributed by atoms with Crippen molar-refractivity contribution in [3.8, 4) is 0 Å². The van der Waals surface area contributed by atoms with Gasteiger partial charge in [-0.05, 0) is 46.0 Å². The van der Waals surface area contributed by atoms with Crippen LogP contribution in [-0.4, -0.2) is 25.5 Å². The Morgan fingerprint density at radius 1 is 1.15 bits per heavy atom. The Morgan fingerprint density at radius 3 is 2.08 bits per heavy atom. The minimum absolute atomic E-state index is 0.929. The molecule has 0 rings (SSSR count). The normalized spacial score (nSPS) is 11.7. The molecule has 0 saturated heterocycles. The maximum absolute atomic E-state index is 4.03. The Bertz CT molecular complexity index is 228. The van der Waals surface area contributed by atoms with Crippen LogP contribution >= 0.6 is 0 Å². The Labute approximate surface area is 82.4 Å². The minimum Gasteiger partial charge on any atom is -0.305 e. The van der Waals surface area contributed by atoms with E-state index in [-0.39, 0.29) is 0 Å². The first-order chi connectivity index (χ1) is 5.93. The SMILES string of the molecule is C=C(CN(C)C)/C(C)=C\C=C(C)C. The zero-order valence-corrected chi connectivity index (χ0v) is 9.52. The molecule has 0 heterocycles. The summed E-state index contributed by atoms with van der Waals surface area (Å²) in [6, 6.07) is 0. The summed E-state index contributed by atoms with van der Waals surface area (Å²) >= 11 is 0. The predicted molar refractivity (Wildman–Crippen MR) is 60.9 cm³/mol. The molecule has 0 atom stereocenters. The van der Waals surface area contributed by atoms with Gasteiger partial charge in [0.05, 0.1) is 0 Å². The van der Waals surface area contributed by atoms with Gasteiger partial charge in [0.15, 0.2) is 0 Å². The third kappa shape index (κ3) is 6.35. The van der Waals surface area contributed by atoms with Gasteiger partial charge in [0, 0.05) is 6.54 Å². The van der Waals surface area contributed by atoms with E-state index < -0.39 is 0 Å². The van der Waals surface area contributed by atoms with E-state index in [1.54, 1.807) is 0 Å². The minimum atomic E-state index is 0.929. The van der Waals surface area contributed by atoms with E-state index in [1.165, 1.54) is 16.7 Å². The largest absolute Gasteiger partial charge is 0.305 e. The van der Waals surface area contributed by atoms with E-state index in [2.05, 4.69) is 58.5 Å². The topological polar surface area (TPSA) is 3.24 Å². The van der Waals surface area contributed by atoms with Crippen molar-refractivity contribution in [2.45, 2.75) is 20.8 Å². The fourth-order valence-electron chi connectivity index (χ4n) is 0.916. The van der Waals surface area contributed by atoms with E-state index in [9.17, 15) is 0 Å². The number of rotatable bonds is 4. The van der Waals surface area contributed by atoms with E-state index >= 15 is 0 Å². The van der Waals surface area contributed by atoms with Crippen LogP contribution < -0.4 is 0 Å². The number of likely N-dealkylation sites (N-methyl/N-ethyl adjacent to an activating group) is 1. The molecular weight excluding hydrogens is 158 g/mol. The van der Waals surface area contributed by atoms with Crippen LogP contribution in [-0.2, 0) is 0 Å². The fraction of sp³-hybridized carbons (Fsp3) is 0.500. The summed E-state index contributed by atoms with van der Waals surface area (Å²) in [5.74, 6) is 0. The molecule has 0 bridgehead atoms. The summed E-state index contributed by atoms with van der Waals surface area (Å²) in [4.78, 5) is 2.13. The van der Waals surface area contributed by atoms with Gasteiger partial charge in [-0.25, -0.2) is 0 Å². The van der Waals surface area contributed by atoms with Crippen molar-refractivity contribution in [3.05, 3.63) is 35.5 Å². The standard InChI is InChI=1S/C12H21N/c1-10(2)7-8-11(3)12(4)9-13(5)6/h7-8H,4,9H2,1-3,5-6H3/b11-8-. The molecule has 0 unspecified atom stereocenters. The summed E-state index contributed by atoms with van der Waals surface area (Å²) in [5.41, 5.74) is 3.76. The number of hydrogen-bond acceptors (Lipinski definition) is 1. The first-order valence-corrected chi connectivity index (χ1v) is 4.58. The third-order valence-electron chi connectivity index (χ3n) is 1.73. The third-order valence-corrected chi connectivity index (χ3v) is 1.73. The maximum atomic E-state index is 4.03. The summed E-state index contributed by atoms with van der Waals surface area (Å²) in [5, 5.41) is 0. The Hall–Kier alpha value is -0.820. The lowest BCUT2D eigenvalue weighted by Gasteiger charge is -2.12. The van der Waals surface area contributed by atoms with Gasteiger partial charge in [-0.3, -0.25) is 0 Å². The van der Waals surface area contributed by atoms with Crippen molar-refractivity contribution in [2.24, 2.45) is 0 Å². The van der Waals surface area contributed by atoms with Gasteiger partial charge in [-0.2, -0.15) is 0 Å². The quantitative estimate of drug-likeness (QED) is 0.600. The van der Waals surface area contributed by atoms with Gasteiger partial charge < -0.3 is 4.90 Å². The van der Waals surface area contributed by atoms with Crippen LogP contribution in [0.4, 0.5) is 0 Å². The zero-order valence-electron chi connectivity index (χ0n) is 9.52. The van der Waals surface area contributed by atoms with Crippen molar-refractivity contribution in [3.63, 3.8) is 0 Å². The monoisotopic (exact) mass is 179 g/mol. The highest BCUT2D eigenvalue weighted by atomic mass is 15.0. The van der Waals surface area contributed by atoms with Crippen molar-refractivity contribution < 1.29 is 0 Å². The van der Waals surface area contributed by atoms with Gasteiger partial charge in [-0.15, -0.1) is 0 Å². The first-order valence-electron chi connectivity index (χ1n) is 4.58. The van der Waals surface area contributed by atoms with Gasteiger partial charge in [-0.1, -0.05) is 24.3 Å². The highest BCUT2D eigenvalue weighted by Crippen LogP contribution is 2.08. The smallest absolute Gasteiger partial charge is 0.0224 e. The number of allylic oxidation sites excluding steroid dienone is 3. The molecule has 0 spiro atoms. The summed E-state index contributed by atoms with van der Waals surface area (Å²) < 4.78 is 0. The van der Waals surface area contributed by atoms with Gasteiger partial charge >= 0.3 is 0 Å². The molecule has 0 aliphatic carbocycles. The molecule has 0 aromatic heterocycles. The Balaban J connectivity index is 4.25. The van der Waals surface area contributed by atoms with Crippen LogP contribution in [0.3, 0.4) is 0 Å². The average molecular weight is 179 g/mol. The summed E-state index contributed by atoms with van der Waals surface area (Å²) in [6.07, 6.45) is 4.25. The molecule has 0 aromatic carbocycles. The van der Waals surface area contributed by atoms with Crippen LogP contribution in [0.25, 0.3) is 0 Å². The second-order valence-corrected chi connectivity index (χ2v) is 3.94. The summed E-state index contributed by atoms with van der Waals surface area (Å²) in [7, 11) is 4.11. The van der Waals surface area contributed by atoms with E-state index in [0.29, 0.717) is 0 Å². The molecule has 1 heteroatoms. The Kier molecular flexibility index (Phi) is 5.40. The molecule has 0 aromatic rings. The lowest BCUT2D eigenvalue weighted by Crippen LogP contribution is -2.14. The van der Waals surface area contributed by atoms with Gasteiger partial charge in [0.25, 0.3) is 0 Å². The van der Waals surface area contributed by atoms with Crippen LogP contribution in [0.1, 0.15) is 20.8 Å². The summed E-state index contributed by atoms with van der Waals surface area (Å²) in [6.45, 7) is 11.3. The lowest BCUT2D eigenvalue weighted by atomic mass is 10.1. The van der Waals surface area contributed by atoms with Crippen molar-refractivity contribution >= 4 is 0 Å². The van der Waals surface area contributed by atoms with Crippen molar-refractivity contribution in [1.29, 1.82) is 0 Å². The average Bonchev–Trinajstić information content (AvgIpc) is 1.98. The molecule has 0 radical (unpaired) electrons. The van der Waals surface area contributed by atoms with E-state index in [4.69, 9.17) is 0 Å². The van der Waals surface area contributed by atoms with Crippen LogP contribution in [0.5, 0.6) is 0 Å². The first kappa shape index (κ1) is 12.2. The molecule has 1 nitrogen and oxygen atoms in total. The second-order valence-electron chi connectivity index (χ2n) is 3.94. The molecule has 0 aliphatic heterocycles. The fourth-order valence-corrected chi connectivity index (χ4v) is 0.916. The molecular formula is C12H21N.